The van der Waals surface area contributed by atoms with Gasteiger partial charge in [0.25, 0.3) is 5.91 Å². The highest BCUT2D eigenvalue weighted by atomic mass is 35.5. The minimum absolute atomic E-state index is 0.211. The highest BCUT2D eigenvalue weighted by molar-refractivity contribution is 7.15. The number of carbonyl (C=O) groups is 2. The summed E-state index contributed by atoms with van der Waals surface area (Å²) in [7, 11) is 0. The van der Waals surface area contributed by atoms with E-state index in [-0.39, 0.29) is 12.5 Å². The van der Waals surface area contributed by atoms with Crippen LogP contribution in [0.25, 0.3) is 11.1 Å². The van der Waals surface area contributed by atoms with E-state index in [4.69, 9.17) is 21.3 Å². The van der Waals surface area contributed by atoms with Crippen LogP contribution in [0.5, 0.6) is 0 Å². The lowest BCUT2D eigenvalue weighted by Crippen LogP contribution is -2.29. The summed E-state index contributed by atoms with van der Waals surface area (Å²) in [5, 5.41) is 2.77. The van der Waals surface area contributed by atoms with Gasteiger partial charge in [0.2, 0.25) is 0 Å². The molecule has 1 aromatic heterocycles. The molecule has 5 nitrogen and oxygen atoms in total. The standard InChI is InChI=1S/C28H21ClN2O3S/c1-2-34-28(33)24-21(19-12-6-8-14-22(19)29)17-35-26(24)30-25-20-13-7-9-15-23(20)31(27(25)32)16-18-10-4-3-5-11-18/h3-15,17H,2,16H2,1H3/b30-25-. The Kier molecular flexibility index (Phi) is 6.49. The lowest BCUT2D eigenvalue weighted by Gasteiger charge is -2.16. The van der Waals surface area contributed by atoms with E-state index in [1.54, 1.807) is 17.9 Å². The van der Waals surface area contributed by atoms with E-state index < -0.39 is 5.97 Å². The van der Waals surface area contributed by atoms with E-state index in [0.29, 0.717) is 39.0 Å². The first-order valence-corrected chi connectivity index (χ1v) is 12.4. The number of para-hydroxylation sites is 1. The lowest BCUT2D eigenvalue weighted by molar-refractivity contribution is -0.112. The molecule has 35 heavy (non-hydrogen) atoms. The van der Waals surface area contributed by atoms with Crippen molar-refractivity contribution in [3.63, 3.8) is 0 Å². The number of aliphatic imine (C=N–C) groups is 1. The van der Waals surface area contributed by atoms with Crippen molar-refractivity contribution in [2.45, 2.75) is 13.5 Å². The smallest absolute Gasteiger partial charge is 0.341 e. The van der Waals surface area contributed by atoms with Gasteiger partial charge in [-0.2, -0.15) is 0 Å². The number of anilines is 1. The van der Waals surface area contributed by atoms with E-state index in [1.165, 1.54) is 11.3 Å². The molecule has 0 bridgehead atoms. The zero-order valence-electron chi connectivity index (χ0n) is 18.9. The first-order valence-electron chi connectivity index (χ1n) is 11.2. The Hall–Kier alpha value is -3.74. The van der Waals surface area contributed by atoms with Crippen LogP contribution in [0, 0.1) is 0 Å². The first-order chi connectivity index (χ1) is 17.1. The van der Waals surface area contributed by atoms with Crippen LogP contribution >= 0.6 is 22.9 Å². The van der Waals surface area contributed by atoms with Gasteiger partial charge in [-0.1, -0.05) is 78.3 Å². The van der Waals surface area contributed by atoms with Crippen LogP contribution in [0.3, 0.4) is 0 Å². The van der Waals surface area contributed by atoms with Crippen LogP contribution in [0.1, 0.15) is 28.4 Å². The lowest BCUT2D eigenvalue weighted by atomic mass is 10.0. The van der Waals surface area contributed by atoms with Crippen molar-refractivity contribution in [3.8, 4) is 11.1 Å². The summed E-state index contributed by atoms with van der Waals surface area (Å²) < 4.78 is 5.35. The third kappa shape index (κ3) is 4.38. The number of carbonyl (C=O) groups excluding carboxylic acids is 2. The molecule has 1 aliphatic heterocycles. The van der Waals surface area contributed by atoms with Crippen LogP contribution in [0.2, 0.25) is 5.02 Å². The van der Waals surface area contributed by atoms with Crippen LogP contribution in [0.4, 0.5) is 10.7 Å². The quantitative estimate of drug-likeness (QED) is 0.270. The van der Waals surface area contributed by atoms with Gasteiger partial charge in [-0.05, 0) is 24.6 Å². The molecular weight excluding hydrogens is 480 g/mol. The fraction of sp³-hybridized carbons (Fsp3) is 0.107. The molecule has 4 aromatic rings. The van der Waals surface area contributed by atoms with Gasteiger partial charge in [-0.15, -0.1) is 11.3 Å². The summed E-state index contributed by atoms with van der Waals surface area (Å²) in [6.07, 6.45) is 0. The van der Waals surface area contributed by atoms with Crippen molar-refractivity contribution in [2.24, 2.45) is 4.99 Å². The zero-order chi connectivity index (χ0) is 24.4. The third-order valence-electron chi connectivity index (χ3n) is 5.71. The second-order valence-electron chi connectivity index (χ2n) is 7.88. The topological polar surface area (TPSA) is 59.0 Å². The summed E-state index contributed by atoms with van der Waals surface area (Å²) in [4.78, 5) is 33.1. The van der Waals surface area contributed by atoms with Crippen molar-refractivity contribution >= 4 is 51.2 Å². The van der Waals surface area contributed by atoms with E-state index in [9.17, 15) is 9.59 Å². The molecule has 0 N–H and O–H groups in total. The number of hydrogen-bond acceptors (Lipinski definition) is 5. The fourth-order valence-electron chi connectivity index (χ4n) is 4.10. The number of esters is 1. The molecular formula is C28H21ClN2O3S. The van der Waals surface area contributed by atoms with Gasteiger partial charge < -0.3 is 9.64 Å². The van der Waals surface area contributed by atoms with Crippen LogP contribution in [-0.4, -0.2) is 24.2 Å². The molecule has 0 atom stereocenters. The van der Waals surface area contributed by atoms with Gasteiger partial charge in [-0.25, -0.2) is 9.79 Å². The van der Waals surface area contributed by atoms with Crippen molar-refractivity contribution < 1.29 is 14.3 Å². The minimum Gasteiger partial charge on any atom is -0.462 e. The average Bonchev–Trinajstić information content (AvgIpc) is 3.40. The number of benzene rings is 3. The third-order valence-corrected chi connectivity index (χ3v) is 6.91. The van der Waals surface area contributed by atoms with Crippen LogP contribution in [-0.2, 0) is 16.1 Å². The molecule has 1 aliphatic rings. The van der Waals surface area contributed by atoms with Crippen LogP contribution in [0.15, 0.2) is 89.2 Å². The highest BCUT2D eigenvalue weighted by Crippen LogP contribution is 2.42. The Morgan fingerprint density at radius 1 is 0.943 bits per heavy atom. The summed E-state index contributed by atoms with van der Waals surface area (Å²) in [5.41, 5.74) is 4.50. The Labute approximate surface area is 212 Å². The predicted octanol–water partition coefficient (Wildman–Crippen LogP) is 6.91. The van der Waals surface area contributed by atoms with Gasteiger partial charge in [0, 0.05) is 27.1 Å². The number of fused-ring (bicyclic) bond motifs is 1. The van der Waals surface area contributed by atoms with E-state index in [1.807, 2.05) is 78.2 Å². The SMILES string of the molecule is CCOC(=O)c1c(-c2ccccc2Cl)csc1/N=C1\C(=O)N(Cc2ccccc2)c2ccccc21. The molecule has 0 radical (unpaired) electrons. The summed E-state index contributed by atoms with van der Waals surface area (Å²) in [5.74, 6) is -0.708. The first kappa shape index (κ1) is 23.0. The van der Waals surface area contributed by atoms with Crippen LogP contribution < -0.4 is 4.90 Å². The molecule has 1 amide bonds. The highest BCUT2D eigenvalue weighted by Gasteiger charge is 2.34. The maximum Gasteiger partial charge on any atom is 0.341 e. The molecule has 0 unspecified atom stereocenters. The number of amides is 1. The number of halogens is 1. The number of hydrogen-bond donors (Lipinski definition) is 0. The molecule has 0 spiro atoms. The number of ether oxygens (including phenoxy) is 1. The molecule has 0 saturated carbocycles. The number of thiophene rings is 1. The monoisotopic (exact) mass is 500 g/mol. The molecule has 0 fully saturated rings. The largest absolute Gasteiger partial charge is 0.462 e. The molecule has 5 rings (SSSR count). The Morgan fingerprint density at radius 3 is 2.37 bits per heavy atom. The van der Waals surface area contributed by atoms with E-state index >= 15 is 0 Å². The zero-order valence-corrected chi connectivity index (χ0v) is 20.5. The summed E-state index contributed by atoms with van der Waals surface area (Å²) >= 11 is 7.72. The van der Waals surface area contributed by atoms with Gasteiger partial charge in [-0.3, -0.25) is 4.79 Å². The van der Waals surface area contributed by atoms with E-state index in [0.717, 1.165) is 16.8 Å². The molecule has 174 valence electrons. The summed E-state index contributed by atoms with van der Waals surface area (Å²) in [6, 6.07) is 24.7. The fourth-order valence-corrected chi connectivity index (χ4v) is 5.27. The molecule has 3 aromatic carbocycles. The maximum atomic E-state index is 13.6. The second kappa shape index (κ2) is 9.86. The van der Waals surface area contributed by atoms with Crippen molar-refractivity contribution in [1.82, 2.24) is 0 Å². The van der Waals surface area contributed by atoms with Crippen molar-refractivity contribution in [1.29, 1.82) is 0 Å². The number of nitrogens with zero attached hydrogens (tertiary/aromatic N) is 2. The second-order valence-corrected chi connectivity index (χ2v) is 9.15. The number of rotatable bonds is 6. The molecule has 7 heteroatoms. The van der Waals surface area contributed by atoms with Crippen molar-refractivity contribution in [3.05, 3.63) is 106 Å². The van der Waals surface area contributed by atoms with Gasteiger partial charge in [0.1, 0.15) is 16.3 Å². The predicted molar refractivity (Wildman–Crippen MR) is 141 cm³/mol. The van der Waals surface area contributed by atoms with Gasteiger partial charge >= 0.3 is 5.97 Å². The molecule has 2 heterocycles. The van der Waals surface area contributed by atoms with Crippen molar-refractivity contribution in [2.75, 3.05) is 11.5 Å². The van der Waals surface area contributed by atoms with Gasteiger partial charge in [0.15, 0.2) is 0 Å². The molecule has 0 aliphatic carbocycles. The average molecular weight is 501 g/mol. The Balaban J connectivity index is 1.62. The molecule has 0 saturated heterocycles. The maximum absolute atomic E-state index is 13.6. The Bertz CT molecular complexity index is 1450. The van der Waals surface area contributed by atoms with E-state index in [2.05, 4.69) is 0 Å². The Morgan fingerprint density at radius 2 is 1.63 bits per heavy atom. The normalized spacial score (nSPS) is 13.8. The summed E-state index contributed by atoms with van der Waals surface area (Å²) in [6.45, 7) is 2.40. The minimum atomic E-state index is -0.497. The van der Waals surface area contributed by atoms with Gasteiger partial charge in [0.05, 0.1) is 18.8 Å².